The number of ether oxygens (including phenoxy) is 1. The molecule has 0 aromatic carbocycles. The van der Waals surface area contributed by atoms with Crippen molar-refractivity contribution < 1.29 is 4.74 Å². The van der Waals surface area contributed by atoms with Gasteiger partial charge in [-0.25, -0.2) is 0 Å². The second kappa shape index (κ2) is 2.53. The summed E-state index contributed by atoms with van der Waals surface area (Å²) in [5.41, 5.74) is 0.354. The van der Waals surface area contributed by atoms with E-state index in [1.54, 1.807) is 0 Å². The molecule has 0 atom stereocenters. The monoisotopic (exact) mass is 126 g/mol. The summed E-state index contributed by atoms with van der Waals surface area (Å²) >= 11 is 0. The fourth-order valence-corrected chi connectivity index (χ4v) is 0.933. The van der Waals surface area contributed by atoms with Gasteiger partial charge in [0.15, 0.2) is 0 Å². The van der Waals surface area contributed by atoms with Crippen LogP contribution >= 0.6 is 0 Å². The molecule has 1 rings (SSSR count). The van der Waals surface area contributed by atoms with Crippen LogP contribution in [0.4, 0.5) is 0 Å². The van der Waals surface area contributed by atoms with Gasteiger partial charge in [-0.3, -0.25) is 0 Å². The third-order valence-electron chi connectivity index (χ3n) is 1.54. The van der Waals surface area contributed by atoms with Crippen LogP contribution in [0.3, 0.4) is 0 Å². The van der Waals surface area contributed by atoms with E-state index in [0.29, 0.717) is 5.41 Å². The van der Waals surface area contributed by atoms with E-state index in [9.17, 15) is 0 Å². The molecule has 52 valence electrons. The summed E-state index contributed by atoms with van der Waals surface area (Å²) in [5.74, 6) is 0. The summed E-state index contributed by atoms with van der Waals surface area (Å²) in [7, 11) is 0. The summed E-state index contributed by atoms with van der Waals surface area (Å²) in [4.78, 5) is 0. The minimum absolute atomic E-state index is 0.354. The molecule has 0 amide bonds. The second-order valence-electron chi connectivity index (χ2n) is 3.35. The number of hydrogen-bond acceptors (Lipinski definition) is 1. The molecule has 0 bridgehead atoms. The molecule has 0 N–H and O–H groups in total. The average molecular weight is 126 g/mol. The normalized spacial score (nSPS) is 25.6. The van der Waals surface area contributed by atoms with E-state index in [1.165, 1.54) is 0 Å². The standard InChI is InChI=1S/C8H14O/c1-8(2)5-3-4-6-9-7-8/h3-4H,5-7H2,1-2H3. The highest BCUT2D eigenvalue weighted by Crippen LogP contribution is 2.22. The van der Waals surface area contributed by atoms with Gasteiger partial charge < -0.3 is 4.74 Å². The Kier molecular flexibility index (Phi) is 1.91. The molecule has 0 aromatic heterocycles. The zero-order valence-electron chi connectivity index (χ0n) is 6.18. The first-order valence-corrected chi connectivity index (χ1v) is 3.43. The van der Waals surface area contributed by atoms with Crippen molar-refractivity contribution in [2.24, 2.45) is 5.41 Å². The SMILES string of the molecule is CC1(C)CC=CCOC1. The van der Waals surface area contributed by atoms with Crippen LogP contribution in [0, 0.1) is 5.41 Å². The van der Waals surface area contributed by atoms with Crippen molar-refractivity contribution in [3.05, 3.63) is 12.2 Å². The van der Waals surface area contributed by atoms with E-state index in [-0.39, 0.29) is 0 Å². The molecule has 0 saturated carbocycles. The van der Waals surface area contributed by atoms with Crippen LogP contribution in [-0.2, 0) is 4.74 Å². The van der Waals surface area contributed by atoms with Crippen LogP contribution in [0.5, 0.6) is 0 Å². The lowest BCUT2D eigenvalue weighted by Gasteiger charge is -2.19. The van der Waals surface area contributed by atoms with Crippen molar-refractivity contribution in [2.75, 3.05) is 13.2 Å². The fraction of sp³-hybridized carbons (Fsp3) is 0.750. The Bertz CT molecular complexity index is 114. The Labute approximate surface area is 56.7 Å². The zero-order chi connectivity index (χ0) is 6.74. The zero-order valence-corrected chi connectivity index (χ0v) is 6.18. The summed E-state index contributed by atoms with van der Waals surface area (Å²) in [6.45, 7) is 6.13. The predicted molar refractivity (Wildman–Crippen MR) is 38.4 cm³/mol. The molecule has 1 aliphatic heterocycles. The summed E-state index contributed by atoms with van der Waals surface area (Å²) in [5, 5.41) is 0. The van der Waals surface area contributed by atoms with E-state index >= 15 is 0 Å². The van der Waals surface area contributed by atoms with Crippen molar-refractivity contribution in [3.8, 4) is 0 Å². The highest BCUT2D eigenvalue weighted by molar-refractivity contribution is 4.90. The van der Waals surface area contributed by atoms with Gasteiger partial charge in [-0.1, -0.05) is 26.0 Å². The van der Waals surface area contributed by atoms with Gasteiger partial charge in [0.25, 0.3) is 0 Å². The first kappa shape index (κ1) is 6.81. The molecule has 1 heteroatoms. The Balaban J connectivity index is 2.48. The van der Waals surface area contributed by atoms with Gasteiger partial charge in [0.1, 0.15) is 0 Å². The molecule has 9 heavy (non-hydrogen) atoms. The van der Waals surface area contributed by atoms with Gasteiger partial charge in [-0.2, -0.15) is 0 Å². The summed E-state index contributed by atoms with van der Waals surface area (Å²) < 4.78 is 5.32. The van der Waals surface area contributed by atoms with Gasteiger partial charge in [0.2, 0.25) is 0 Å². The maximum absolute atomic E-state index is 5.32. The van der Waals surface area contributed by atoms with Gasteiger partial charge in [0, 0.05) is 0 Å². The number of rotatable bonds is 0. The topological polar surface area (TPSA) is 9.23 Å². The first-order valence-electron chi connectivity index (χ1n) is 3.43. The molecule has 0 radical (unpaired) electrons. The van der Waals surface area contributed by atoms with E-state index in [1.807, 2.05) is 0 Å². The van der Waals surface area contributed by atoms with Crippen LogP contribution in [0.2, 0.25) is 0 Å². The molecule has 1 nitrogen and oxygen atoms in total. The van der Waals surface area contributed by atoms with Crippen molar-refractivity contribution >= 4 is 0 Å². The minimum atomic E-state index is 0.354. The van der Waals surface area contributed by atoms with Crippen molar-refractivity contribution in [1.29, 1.82) is 0 Å². The highest BCUT2D eigenvalue weighted by Gasteiger charge is 2.17. The molecule has 0 aromatic rings. The van der Waals surface area contributed by atoms with Crippen LogP contribution < -0.4 is 0 Å². The predicted octanol–water partition coefficient (Wildman–Crippen LogP) is 1.99. The molecular weight excluding hydrogens is 112 g/mol. The summed E-state index contributed by atoms with van der Waals surface area (Å²) in [6.07, 6.45) is 5.44. The van der Waals surface area contributed by atoms with E-state index < -0.39 is 0 Å². The van der Waals surface area contributed by atoms with Gasteiger partial charge in [-0.15, -0.1) is 0 Å². The van der Waals surface area contributed by atoms with Crippen LogP contribution in [-0.4, -0.2) is 13.2 Å². The van der Waals surface area contributed by atoms with E-state index in [2.05, 4.69) is 26.0 Å². The molecule has 0 unspecified atom stereocenters. The minimum Gasteiger partial charge on any atom is -0.377 e. The van der Waals surface area contributed by atoms with Crippen molar-refractivity contribution in [1.82, 2.24) is 0 Å². The second-order valence-corrected chi connectivity index (χ2v) is 3.35. The first-order chi connectivity index (χ1) is 4.21. The quantitative estimate of drug-likeness (QED) is 0.451. The highest BCUT2D eigenvalue weighted by atomic mass is 16.5. The molecule has 0 spiro atoms. The maximum Gasteiger partial charge on any atom is 0.0647 e. The Morgan fingerprint density at radius 3 is 2.89 bits per heavy atom. The fourth-order valence-electron chi connectivity index (χ4n) is 0.933. The average Bonchev–Trinajstić information content (AvgIpc) is 1.92. The maximum atomic E-state index is 5.32. The molecule has 1 heterocycles. The third kappa shape index (κ3) is 2.19. The Morgan fingerprint density at radius 2 is 2.11 bits per heavy atom. The van der Waals surface area contributed by atoms with E-state index in [4.69, 9.17) is 4.74 Å². The lowest BCUT2D eigenvalue weighted by Crippen LogP contribution is -2.16. The number of hydrogen-bond donors (Lipinski definition) is 0. The lowest BCUT2D eigenvalue weighted by atomic mass is 9.91. The van der Waals surface area contributed by atoms with Crippen LogP contribution in [0.1, 0.15) is 20.3 Å². The molecular formula is C8H14O. The molecule has 0 fully saturated rings. The largest absolute Gasteiger partial charge is 0.377 e. The molecule has 0 aliphatic carbocycles. The van der Waals surface area contributed by atoms with Gasteiger partial charge in [-0.05, 0) is 11.8 Å². The lowest BCUT2D eigenvalue weighted by molar-refractivity contribution is 0.0891. The van der Waals surface area contributed by atoms with Crippen LogP contribution in [0.15, 0.2) is 12.2 Å². The molecule has 0 saturated heterocycles. The van der Waals surface area contributed by atoms with Crippen molar-refractivity contribution in [3.63, 3.8) is 0 Å². The number of allylic oxidation sites excluding steroid dienone is 1. The molecule has 1 aliphatic rings. The van der Waals surface area contributed by atoms with Crippen molar-refractivity contribution in [2.45, 2.75) is 20.3 Å². The van der Waals surface area contributed by atoms with Crippen LogP contribution in [0.25, 0.3) is 0 Å². The Morgan fingerprint density at radius 1 is 1.33 bits per heavy atom. The third-order valence-corrected chi connectivity index (χ3v) is 1.54. The van der Waals surface area contributed by atoms with Gasteiger partial charge in [0.05, 0.1) is 13.2 Å². The van der Waals surface area contributed by atoms with E-state index in [0.717, 1.165) is 19.6 Å². The Hall–Kier alpha value is -0.300. The van der Waals surface area contributed by atoms with Gasteiger partial charge >= 0.3 is 0 Å². The smallest absolute Gasteiger partial charge is 0.0647 e. The summed E-state index contributed by atoms with van der Waals surface area (Å²) in [6, 6.07) is 0.